The van der Waals surface area contributed by atoms with E-state index in [-0.39, 0.29) is 12.8 Å². The third-order valence-corrected chi connectivity index (χ3v) is 4.69. The maximum Gasteiger partial charge on any atom is 0.326 e. The summed E-state index contributed by atoms with van der Waals surface area (Å²) >= 11 is 0. The van der Waals surface area contributed by atoms with E-state index in [0.717, 1.165) is 0 Å². The Morgan fingerprint density at radius 2 is 1.15 bits per heavy atom. The summed E-state index contributed by atoms with van der Waals surface area (Å²) in [4.78, 5) is 59.4. The molecule has 3 amide bonds. The first-order valence-electron chi connectivity index (χ1n) is 10.7. The first-order valence-corrected chi connectivity index (χ1v) is 10.7. The van der Waals surface area contributed by atoms with E-state index >= 15 is 0 Å². The third-order valence-electron chi connectivity index (χ3n) is 4.69. The van der Waals surface area contributed by atoms with Crippen molar-refractivity contribution in [3.05, 3.63) is 0 Å². The highest BCUT2D eigenvalue weighted by Gasteiger charge is 2.30. The molecule has 0 saturated carbocycles. The molecule has 0 heterocycles. The molecule has 0 rings (SSSR count). The molecule has 0 aliphatic rings. The second-order valence-electron chi connectivity index (χ2n) is 7.48. The molecular weight excluding hydrogens is 440 g/mol. The molecule has 190 valence electrons. The van der Waals surface area contributed by atoms with E-state index in [0.29, 0.717) is 38.8 Å². The number of amides is 3. The van der Waals surface area contributed by atoms with Gasteiger partial charge < -0.3 is 48.5 Å². The Balaban J connectivity index is 5.20. The Morgan fingerprint density at radius 3 is 1.61 bits per heavy atom. The molecule has 14 nitrogen and oxygen atoms in total. The monoisotopic (exact) mass is 476 g/mol. The number of carbonyl (C=O) groups excluding carboxylic acids is 3. The summed E-state index contributed by atoms with van der Waals surface area (Å²) in [6, 6.07) is -5.28. The van der Waals surface area contributed by atoms with E-state index in [9.17, 15) is 34.2 Å². The fourth-order valence-electron chi connectivity index (χ4n) is 2.81. The summed E-state index contributed by atoms with van der Waals surface area (Å²) in [6.45, 7) is -0.124. The number of carboxylic acid groups (broad SMARTS) is 2. The molecular formula is C19H36N6O8. The largest absolute Gasteiger partial charge is 0.481 e. The van der Waals surface area contributed by atoms with Gasteiger partial charge in [-0.2, -0.15) is 0 Å². The summed E-state index contributed by atoms with van der Waals surface area (Å²) in [7, 11) is 0. The second-order valence-corrected chi connectivity index (χ2v) is 7.48. The van der Waals surface area contributed by atoms with Crippen molar-refractivity contribution in [3.63, 3.8) is 0 Å². The smallest absolute Gasteiger partial charge is 0.326 e. The van der Waals surface area contributed by atoms with Gasteiger partial charge in [-0.05, 0) is 51.6 Å². The zero-order chi connectivity index (χ0) is 25.4. The van der Waals surface area contributed by atoms with Crippen LogP contribution in [0.1, 0.15) is 44.9 Å². The van der Waals surface area contributed by atoms with E-state index in [1.807, 2.05) is 0 Å². The van der Waals surface area contributed by atoms with Crippen LogP contribution >= 0.6 is 0 Å². The molecule has 0 spiro atoms. The molecule has 0 aliphatic carbocycles. The van der Waals surface area contributed by atoms with Gasteiger partial charge in [0.25, 0.3) is 0 Å². The summed E-state index contributed by atoms with van der Waals surface area (Å²) in [5, 5.41) is 34.5. The van der Waals surface area contributed by atoms with E-state index < -0.39 is 66.9 Å². The standard InChI is InChI=1S/C19H36N6O8/c20-7-3-1-5-12(23-16(29)11(22)9-15(27)28)17(30)25-14(10-26)18(31)24-13(19(32)33)6-2-4-8-21/h11-14,26H,1-10,20-22H2,(H,23,29)(H,24,31)(H,25,30)(H,27,28)(H,32,33). The number of hydrogen-bond donors (Lipinski definition) is 9. The minimum absolute atomic E-state index is 0.115. The highest BCUT2D eigenvalue weighted by molar-refractivity contribution is 5.94. The Kier molecular flexibility index (Phi) is 15.3. The van der Waals surface area contributed by atoms with Crippen LogP contribution in [-0.4, -0.2) is 88.8 Å². The van der Waals surface area contributed by atoms with Crippen molar-refractivity contribution < 1.29 is 39.3 Å². The van der Waals surface area contributed by atoms with Crippen molar-refractivity contribution in [1.29, 1.82) is 0 Å². The summed E-state index contributed by atoms with van der Waals surface area (Å²) in [5.41, 5.74) is 16.3. The van der Waals surface area contributed by atoms with Gasteiger partial charge in [0.2, 0.25) is 17.7 Å². The number of aliphatic hydroxyl groups is 1. The van der Waals surface area contributed by atoms with Crippen LogP contribution in [0.2, 0.25) is 0 Å². The van der Waals surface area contributed by atoms with Crippen LogP contribution in [0.3, 0.4) is 0 Å². The van der Waals surface area contributed by atoms with Gasteiger partial charge in [-0.1, -0.05) is 0 Å². The van der Waals surface area contributed by atoms with Crippen molar-refractivity contribution in [2.75, 3.05) is 19.7 Å². The average molecular weight is 477 g/mol. The fraction of sp³-hybridized carbons (Fsp3) is 0.737. The molecule has 12 N–H and O–H groups in total. The number of unbranched alkanes of at least 4 members (excludes halogenated alkanes) is 2. The Hall–Kier alpha value is -2.81. The van der Waals surface area contributed by atoms with Crippen molar-refractivity contribution in [2.24, 2.45) is 17.2 Å². The molecule has 0 bridgehead atoms. The van der Waals surface area contributed by atoms with Gasteiger partial charge >= 0.3 is 11.9 Å². The molecule has 33 heavy (non-hydrogen) atoms. The summed E-state index contributed by atoms with van der Waals surface area (Å²) < 4.78 is 0. The molecule has 4 unspecified atom stereocenters. The Morgan fingerprint density at radius 1 is 0.697 bits per heavy atom. The molecule has 0 aromatic carbocycles. The zero-order valence-corrected chi connectivity index (χ0v) is 18.5. The van der Waals surface area contributed by atoms with Crippen LogP contribution in [0.15, 0.2) is 0 Å². The Labute approximate surface area is 191 Å². The van der Waals surface area contributed by atoms with Crippen LogP contribution < -0.4 is 33.2 Å². The van der Waals surface area contributed by atoms with E-state index in [2.05, 4.69) is 16.0 Å². The van der Waals surface area contributed by atoms with Crippen molar-refractivity contribution >= 4 is 29.7 Å². The molecule has 4 atom stereocenters. The maximum absolute atomic E-state index is 12.7. The zero-order valence-electron chi connectivity index (χ0n) is 18.5. The van der Waals surface area contributed by atoms with Gasteiger partial charge in [0, 0.05) is 0 Å². The number of nitrogens with two attached hydrogens (primary N) is 3. The maximum atomic E-state index is 12.7. The van der Waals surface area contributed by atoms with Gasteiger partial charge in [-0.25, -0.2) is 4.79 Å². The molecule has 0 aromatic heterocycles. The normalized spacial score (nSPS) is 14.4. The van der Waals surface area contributed by atoms with Crippen molar-refractivity contribution in [1.82, 2.24) is 16.0 Å². The fourth-order valence-corrected chi connectivity index (χ4v) is 2.81. The van der Waals surface area contributed by atoms with Gasteiger partial charge in [-0.3, -0.25) is 19.2 Å². The molecule has 0 radical (unpaired) electrons. The minimum Gasteiger partial charge on any atom is -0.481 e. The first kappa shape index (κ1) is 30.2. The van der Waals surface area contributed by atoms with Crippen LogP contribution in [0.4, 0.5) is 0 Å². The van der Waals surface area contributed by atoms with Crippen LogP contribution in [0, 0.1) is 0 Å². The predicted octanol–water partition coefficient (Wildman–Crippen LogP) is -3.42. The van der Waals surface area contributed by atoms with E-state index in [1.54, 1.807) is 0 Å². The number of aliphatic hydroxyl groups excluding tert-OH is 1. The quantitative estimate of drug-likeness (QED) is 0.0879. The van der Waals surface area contributed by atoms with Crippen LogP contribution in [0.5, 0.6) is 0 Å². The molecule has 0 aliphatic heterocycles. The Bertz CT molecular complexity index is 662. The lowest BCUT2D eigenvalue weighted by molar-refractivity contribution is -0.142. The molecule has 0 fully saturated rings. The first-order chi connectivity index (χ1) is 15.6. The molecule has 0 saturated heterocycles. The second kappa shape index (κ2) is 16.8. The average Bonchev–Trinajstić information content (AvgIpc) is 2.75. The van der Waals surface area contributed by atoms with Crippen LogP contribution in [0.25, 0.3) is 0 Å². The van der Waals surface area contributed by atoms with Gasteiger partial charge in [0.15, 0.2) is 0 Å². The predicted molar refractivity (Wildman–Crippen MR) is 117 cm³/mol. The number of aliphatic carboxylic acids is 2. The number of hydrogen-bond acceptors (Lipinski definition) is 9. The number of rotatable bonds is 18. The summed E-state index contributed by atoms with van der Waals surface area (Å²) in [5.74, 6) is -5.19. The van der Waals surface area contributed by atoms with Crippen molar-refractivity contribution in [3.8, 4) is 0 Å². The van der Waals surface area contributed by atoms with Crippen LogP contribution in [-0.2, 0) is 24.0 Å². The summed E-state index contributed by atoms with van der Waals surface area (Å²) in [6.07, 6.45) is 1.57. The lowest BCUT2D eigenvalue weighted by Crippen LogP contribution is -2.58. The van der Waals surface area contributed by atoms with Gasteiger partial charge in [-0.15, -0.1) is 0 Å². The van der Waals surface area contributed by atoms with Gasteiger partial charge in [0.1, 0.15) is 18.1 Å². The van der Waals surface area contributed by atoms with Gasteiger partial charge in [0.05, 0.1) is 19.1 Å². The van der Waals surface area contributed by atoms with Crippen molar-refractivity contribution in [2.45, 2.75) is 69.1 Å². The van der Waals surface area contributed by atoms with E-state index in [1.165, 1.54) is 0 Å². The topological polar surface area (TPSA) is 260 Å². The third kappa shape index (κ3) is 12.7. The minimum atomic E-state index is -1.48. The number of carbonyl (C=O) groups is 5. The molecule has 14 heteroatoms. The highest BCUT2D eigenvalue weighted by Crippen LogP contribution is 2.04. The number of carboxylic acids is 2. The number of nitrogens with one attached hydrogen (secondary N) is 3. The highest BCUT2D eigenvalue weighted by atomic mass is 16.4. The SMILES string of the molecule is NCCCCC(NC(=O)C(CO)NC(=O)C(CCCCN)NC(=O)C(N)CC(=O)O)C(=O)O. The lowest BCUT2D eigenvalue weighted by atomic mass is 10.1. The molecule has 0 aromatic rings. The van der Waals surface area contributed by atoms with E-state index in [4.69, 9.17) is 22.3 Å². The lowest BCUT2D eigenvalue weighted by Gasteiger charge is -2.24.